The standard InChI is InChI=1S/C28H26F2N2O3/c29-21-11-12-23(26(30)14-21)24-16-31(15-20-9-5-2-6-10-20)17-25(24)27(33)32-22(18-35-28(32)34)13-19-7-3-1-4-8-19/h1-12,14,22,24-25H,13,15-18H2/t22-,24-,25?/m0/s1. The van der Waals surface area contributed by atoms with Gasteiger partial charge in [0.25, 0.3) is 0 Å². The molecule has 0 radical (unpaired) electrons. The Morgan fingerprint density at radius 1 is 0.914 bits per heavy atom. The van der Waals surface area contributed by atoms with Gasteiger partial charge in [0.1, 0.15) is 18.2 Å². The SMILES string of the molecule is O=C1OC[C@H](Cc2ccccc2)N1C(=O)C1CN(Cc2ccccc2)C[C@H]1c1ccc(F)cc1F. The predicted octanol–water partition coefficient (Wildman–Crippen LogP) is 4.77. The Morgan fingerprint density at radius 2 is 1.60 bits per heavy atom. The average molecular weight is 477 g/mol. The van der Waals surface area contributed by atoms with Gasteiger partial charge in [-0.25, -0.2) is 18.5 Å². The fraction of sp³-hybridized carbons (Fsp3) is 0.286. The second kappa shape index (κ2) is 9.96. The van der Waals surface area contributed by atoms with E-state index in [1.54, 1.807) is 0 Å². The third kappa shape index (κ3) is 4.95. The molecule has 3 aromatic rings. The fourth-order valence-electron chi connectivity index (χ4n) is 5.17. The third-order valence-electron chi connectivity index (χ3n) is 6.84. The first-order valence-electron chi connectivity index (χ1n) is 11.7. The molecule has 2 heterocycles. The minimum absolute atomic E-state index is 0.121. The molecule has 5 rings (SSSR count). The lowest BCUT2D eigenvalue weighted by Gasteiger charge is -2.26. The van der Waals surface area contributed by atoms with E-state index in [9.17, 15) is 18.4 Å². The van der Waals surface area contributed by atoms with Crippen molar-refractivity contribution in [1.82, 2.24) is 9.80 Å². The van der Waals surface area contributed by atoms with Crippen molar-refractivity contribution in [2.45, 2.75) is 24.9 Å². The molecular weight excluding hydrogens is 450 g/mol. The number of ether oxygens (including phenoxy) is 1. The molecule has 180 valence electrons. The highest BCUT2D eigenvalue weighted by atomic mass is 19.1. The number of halogens is 2. The highest BCUT2D eigenvalue weighted by molar-refractivity contribution is 5.95. The summed E-state index contributed by atoms with van der Waals surface area (Å²) in [4.78, 5) is 29.8. The van der Waals surface area contributed by atoms with Gasteiger partial charge >= 0.3 is 6.09 Å². The summed E-state index contributed by atoms with van der Waals surface area (Å²) in [6.45, 7) is 1.48. The van der Waals surface area contributed by atoms with E-state index < -0.39 is 35.6 Å². The van der Waals surface area contributed by atoms with E-state index >= 15 is 0 Å². The lowest BCUT2D eigenvalue weighted by Crippen LogP contribution is -2.45. The maximum atomic E-state index is 14.8. The molecule has 3 aromatic carbocycles. The van der Waals surface area contributed by atoms with Gasteiger partial charge in [-0.05, 0) is 29.2 Å². The van der Waals surface area contributed by atoms with Gasteiger partial charge < -0.3 is 4.74 Å². The monoisotopic (exact) mass is 476 g/mol. The minimum atomic E-state index is -0.681. The molecule has 0 saturated carbocycles. The molecule has 2 amide bonds. The number of nitrogens with zero attached hydrogens (tertiary/aromatic N) is 2. The van der Waals surface area contributed by atoms with Crippen LogP contribution in [-0.2, 0) is 22.5 Å². The molecule has 2 aliphatic heterocycles. The number of likely N-dealkylation sites (tertiary alicyclic amines) is 1. The first-order chi connectivity index (χ1) is 17.0. The van der Waals surface area contributed by atoms with Gasteiger partial charge in [0, 0.05) is 31.6 Å². The van der Waals surface area contributed by atoms with Crippen LogP contribution in [0.2, 0.25) is 0 Å². The van der Waals surface area contributed by atoms with Crippen LogP contribution in [0, 0.1) is 17.6 Å². The smallest absolute Gasteiger partial charge is 0.416 e. The molecule has 0 aromatic heterocycles. The summed E-state index contributed by atoms with van der Waals surface area (Å²) < 4.78 is 33.7. The summed E-state index contributed by atoms with van der Waals surface area (Å²) in [6.07, 6.45) is -0.190. The van der Waals surface area contributed by atoms with Crippen molar-refractivity contribution in [2.24, 2.45) is 5.92 Å². The number of amides is 2. The lowest BCUT2D eigenvalue weighted by atomic mass is 9.87. The minimum Gasteiger partial charge on any atom is -0.447 e. The molecule has 2 aliphatic rings. The van der Waals surface area contributed by atoms with Crippen LogP contribution in [0.1, 0.15) is 22.6 Å². The van der Waals surface area contributed by atoms with Crippen LogP contribution >= 0.6 is 0 Å². The van der Waals surface area contributed by atoms with Crippen molar-refractivity contribution in [1.29, 1.82) is 0 Å². The van der Waals surface area contributed by atoms with E-state index in [2.05, 4.69) is 4.90 Å². The van der Waals surface area contributed by atoms with E-state index in [4.69, 9.17) is 4.74 Å². The third-order valence-corrected chi connectivity index (χ3v) is 6.84. The Bertz CT molecular complexity index is 1210. The topological polar surface area (TPSA) is 49.9 Å². The van der Waals surface area contributed by atoms with Crippen molar-refractivity contribution in [3.05, 3.63) is 107 Å². The molecule has 0 spiro atoms. The predicted molar refractivity (Wildman–Crippen MR) is 126 cm³/mol. The van der Waals surface area contributed by atoms with Gasteiger partial charge in [-0.15, -0.1) is 0 Å². The van der Waals surface area contributed by atoms with Gasteiger partial charge in [0.15, 0.2) is 0 Å². The zero-order valence-corrected chi connectivity index (χ0v) is 19.1. The molecule has 0 N–H and O–H groups in total. The van der Waals surface area contributed by atoms with E-state index in [1.165, 1.54) is 17.0 Å². The summed E-state index contributed by atoms with van der Waals surface area (Å²) in [5, 5.41) is 0. The molecule has 1 unspecified atom stereocenters. The van der Waals surface area contributed by atoms with Gasteiger partial charge in [-0.3, -0.25) is 9.69 Å². The van der Waals surface area contributed by atoms with E-state index in [0.717, 1.165) is 17.2 Å². The molecule has 0 aliphatic carbocycles. The first-order valence-corrected chi connectivity index (χ1v) is 11.7. The number of hydrogen-bond donors (Lipinski definition) is 0. The lowest BCUT2D eigenvalue weighted by molar-refractivity contribution is -0.133. The van der Waals surface area contributed by atoms with E-state index in [-0.39, 0.29) is 18.1 Å². The number of hydrogen-bond acceptors (Lipinski definition) is 4. The van der Waals surface area contributed by atoms with Crippen LogP contribution in [0.3, 0.4) is 0 Å². The second-order valence-electron chi connectivity index (χ2n) is 9.19. The van der Waals surface area contributed by atoms with Gasteiger partial charge in [-0.2, -0.15) is 0 Å². The molecular formula is C28H26F2N2O3. The maximum Gasteiger partial charge on any atom is 0.416 e. The highest BCUT2D eigenvalue weighted by Gasteiger charge is 2.47. The van der Waals surface area contributed by atoms with Crippen LogP contribution in [0.5, 0.6) is 0 Å². The Kier molecular flexibility index (Phi) is 6.59. The van der Waals surface area contributed by atoms with E-state index in [0.29, 0.717) is 26.1 Å². The van der Waals surface area contributed by atoms with Crippen molar-refractivity contribution < 1.29 is 23.1 Å². The number of imide groups is 1. The van der Waals surface area contributed by atoms with Gasteiger partial charge in [0.05, 0.1) is 12.0 Å². The number of benzene rings is 3. The van der Waals surface area contributed by atoms with Crippen LogP contribution in [0.25, 0.3) is 0 Å². The second-order valence-corrected chi connectivity index (χ2v) is 9.19. The highest BCUT2D eigenvalue weighted by Crippen LogP contribution is 2.37. The molecule has 7 heteroatoms. The van der Waals surface area contributed by atoms with Crippen molar-refractivity contribution >= 4 is 12.0 Å². The maximum absolute atomic E-state index is 14.8. The number of rotatable bonds is 6. The summed E-state index contributed by atoms with van der Waals surface area (Å²) in [7, 11) is 0. The molecule has 3 atom stereocenters. The Labute approximate surface area is 202 Å². The number of cyclic esters (lactones) is 1. The van der Waals surface area contributed by atoms with Gasteiger partial charge in [0.2, 0.25) is 5.91 Å². The van der Waals surface area contributed by atoms with Crippen molar-refractivity contribution in [3.63, 3.8) is 0 Å². The first kappa shape index (κ1) is 23.2. The summed E-state index contributed by atoms with van der Waals surface area (Å²) in [5.41, 5.74) is 2.35. The number of carbonyl (C=O) groups is 2. The fourth-order valence-corrected chi connectivity index (χ4v) is 5.17. The van der Waals surface area contributed by atoms with Crippen molar-refractivity contribution in [2.75, 3.05) is 19.7 Å². The Morgan fingerprint density at radius 3 is 2.29 bits per heavy atom. The normalized spacial score (nSPS) is 22.4. The Hall–Kier alpha value is -3.58. The molecule has 35 heavy (non-hydrogen) atoms. The summed E-state index contributed by atoms with van der Waals surface area (Å²) >= 11 is 0. The Balaban J connectivity index is 1.42. The zero-order chi connectivity index (χ0) is 24.4. The quantitative estimate of drug-likeness (QED) is 0.514. The average Bonchev–Trinajstić information content (AvgIpc) is 3.43. The molecule has 2 fully saturated rings. The largest absolute Gasteiger partial charge is 0.447 e. The van der Waals surface area contributed by atoms with Crippen LogP contribution < -0.4 is 0 Å². The summed E-state index contributed by atoms with van der Waals surface area (Å²) in [5.74, 6) is -2.91. The van der Waals surface area contributed by atoms with Crippen LogP contribution in [0.15, 0.2) is 78.9 Å². The van der Waals surface area contributed by atoms with Gasteiger partial charge in [-0.1, -0.05) is 66.7 Å². The van der Waals surface area contributed by atoms with Crippen molar-refractivity contribution in [3.8, 4) is 0 Å². The zero-order valence-electron chi connectivity index (χ0n) is 19.1. The van der Waals surface area contributed by atoms with Crippen LogP contribution in [0.4, 0.5) is 13.6 Å². The van der Waals surface area contributed by atoms with E-state index in [1.807, 2.05) is 60.7 Å². The number of carbonyl (C=O) groups excluding carboxylic acids is 2. The summed E-state index contributed by atoms with van der Waals surface area (Å²) in [6, 6.07) is 22.5. The van der Waals surface area contributed by atoms with Crippen LogP contribution in [-0.4, -0.2) is 47.5 Å². The molecule has 0 bridgehead atoms. The molecule has 5 nitrogen and oxygen atoms in total. The molecule has 2 saturated heterocycles.